The van der Waals surface area contributed by atoms with Crippen LogP contribution in [-0.4, -0.2) is 41.9 Å². The summed E-state index contributed by atoms with van der Waals surface area (Å²) in [5.41, 5.74) is 1.71. The minimum absolute atomic E-state index is 0.0596. The van der Waals surface area contributed by atoms with E-state index in [4.69, 9.17) is 4.74 Å². The molecule has 3 rings (SSSR count). The number of benzene rings is 1. The molecular weight excluding hydrogens is 392 g/mol. The number of carbonyl (C=O) groups is 1. The van der Waals surface area contributed by atoms with E-state index >= 15 is 0 Å². The fraction of sp³-hybridized carbons (Fsp3) is 0.500. The Labute approximate surface area is 184 Å². The highest BCUT2D eigenvalue weighted by molar-refractivity contribution is 5.73. The van der Waals surface area contributed by atoms with Crippen molar-refractivity contribution in [3.63, 3.8) is 0 Å². The number of aliphatic hydroxyl groups is 1. The zero-order valence-corrected chi connectivity index (χ0v) is 18.5. The molecule has 1 aromatic heterocycles. The van der Waals surface area contributed by atoms with Crippen LogP contribution in [-0.2, 0) is 6.54 Å². The summed E-state index contributed by atoms with van der Waals surface area (Å²) in [6.45, 7) is 6.50. The molecule has 7 heteroatoms. The van der Waals surface area contributed by atoms with Gasteiger partial charge >= 0.3 is 6.03 Å². The summed E-state index contributed by atoms with van der Waals surface area (Å²) in [4.78, 5) is 19.0. The molecule has 0 spiro atoms. The molecule has 2 aromatic rings. The second-order valence-electron chi connectivity index (χ2n) is 8.24. The van der Waals surface area contributed by atoms with Crippen molar-refractivity contribution < 1.29 is 14.6 Å². The summed E-state index contributed by atoms with van der Waals surface area (Å²) in [6.07, 6.45) is 5.99. The maximum absolute atomic E-state index is 12.2. The summed E-state index contributed by atoms with van der Waals surface area (Å²) in [5, 5.41) is 16.0. The molecule has 1 saturated heterocycles. The maximum Gasteiger partial charge on any atom is 0.315 e. The molecule has 1 atom stereocenters. The lowest BCUT2D eigenvalue weighted by Crippen LogP contribution is -2.37. The highest BCUT2D eigenvalue weighted by atomic mass is 16.5. The first kappa shape index (κ1) is 22.9. The number of rotatable bonds is 8. The number of aliphatic hydroxyl groups excluding tert-OH is 1. The molecule has 1 aromatic carbocycles. The predicted octanol–water partition coefficient (Wildman–Crippen LogP) is 3.78. The van der Waals surface area contributed by atoms with Crippen LogP contribution in [0.5, 0.6) is 5.75 Å². The second kappa shape index (κ2) is 11.6. The molecular formula is C24H34N4O3. The van der Waals surface area contributed by atoms with Crippen LogP contribution in [0.15, 0.2) is 42.6 Å². The van der Waals surface area contributed by atoms with Gasteiger partial charge in [-0.15, -0.1) is 0 Å². The van der Waals surface area contributed by atoms with Gasteiger partial charge in [-0.3, -0.25) is 0 Å². The van der Waals surface area contributed by atoms with E-state index in [0.717, 1.165) is 24.5 Å². The number of ether oxygens (including phenoxy) is 1. The number of anilines is 1. The van der Waals surface area contributed by atoms with E-state index in [1.807, 2.05) is 44.2 Å². The van der Waals surface area contributed by atoms with Crippen molar-refractivity contribution in [1.82, 2.24) is 15.6 Å². The summed E-state index contributed by atoms with van der Waals surface area (Å²) in [6, 6.07) is 10.9. The number of hydrogen-bond donors (Lipinski definition) is 3. The zero-order chi connectivity index (χ0) is 22.1. The number of nitrogens with one attached hydrogen (secondary N) is 2. The van der Waals surface area contributed by atoms with Gasteiger partial charge in [-0.2, -0.15) is 0 Å². The largest absolute Gasteiger partial charge is 0.491 e. The molecule has 31 heavy (non-hydrogen) atoms. The first-order valence-electron chi connectivity index (χ1n) is 11.2. The highest BCUT2D eigenvalue weighted by Crippen LogP contribution is 2.20. The fourth-order valence-corrected chi connectivity index (χ4v) is 3.66. The van der Waals surface area contributed by atoms with Crippen molar-refractivity contribution in [3.8, 4) is 5.75 Å². The highest BCUT2D eigenvalue weighted by Gasteiger charge is 2.13. The van der Waals surface area contributed by atoms with Gasteiger partial charge in [0.2, 0.25) is 0 Å². The zero-order valence-electron chi connectivity index (χ0n) is 18.5. The molecule has 3 N–H and O–H groups in total. The van der Waals surface area contributed by atoms with Gasteiger partial charge in [0.05, 0.1) is 12.2 Å². The Morgan fingerprint density at radius 3 is 2.65 bits per heavy atom. The molecule has 1 unspecified atom stereocenters. The van der Waals surface area contributed by atoms with Crippen LogP contribution in [0.25, 0.3) is 0 Å². The molecule has 7 nitrogen and oxygen atoms in total. The number of pyridine rings is 1. The molecule has 0 saturated carbocycles. The summed E-state index contributed by atoms with van der Waals surface area (Å²) in [5.74, 6) is 1.68. The van der Waals surface area contributed by atoms with Crippen LogP contribution >= 0.6 is 0 Å². The topological polar surface area (TPSA) is 86.7 Å². The lowest BCUT2D eigenvalue weighted by atomic mass is 10.1. The van der Waals surface area contributed by atoms with Crippen molar-refractivity contribution in [3.05, 3.63) is 53.7 Å². The van der Waals surface area contributed by atoms with Gasteiger partial charge in [0.1, 0.15) is 11.6 Å². The van der Waals surface area contributed by atoms with Crippen LogP contribution < -0.4 is 20.3 Å². The fourth-order valence-electron chi connectivity index (χ4n) is 3.66. The van der Waals surface area contributed by atoms with Gasteiger partial charge in [-0.25, -0.2) is 9.78 Å². The van der Waals surface area contributed by atoms with Crippen molar-refractivity contribution in [1.29, 1.82) is 0 Å². The van der Waals surface area contributed by atoms with E-state index in [2.05, 4.69) is 20.5 Å². The molecule has 2 amide bonds. The summed E-state index contributed by atoms with van der Waals surface area (Å²) < 4.78 is 5.66. The molecule has 0 radical (unpaired) electrons. The first-order chi connectivity index (χ1) is 15.0. The van der Waals surface area contributed by atoms with Crippen LogP contribution in [0.2, 0.25) is 0 Å². The molecule has 168 valence electrons. The van der Waals surface area contributed by atoms with Crippen molar-refractivity contribution in [2.45, 2.75) is 58.3 Å². The minimum atomic E-state index is -0.808. The molecule has 0 bridgehead atoms. The molecule has 2 heterocycles. The Morgan fingerprint density at radius 1 is 1.13 bits per heavy atom. The third-order valence-electron chi connectivity index (χ3n) is 5.26. The Balaban J connectivity index is 1.46. The Hall–Kier alpha value is -2.80. The lowest BCUT2D eigenvalue weighted by Gasteiger charge is -2.21. The number of hydrogen-bond acceptors (Lipinski definition) is 5. The number of urea groups is 1. The van der Waals surface area contributed by atoms with Gasteiger partial charge in [-0.05, 0) is 62.1 Å². The summed E-state index contributed by atoms with van der Waals surface area (Å²) >= 11 is 0. The average molecular weight is 427 g/mol. The Kier molecular flexibility index (Phi) is 8.53. The Bertz CT molecular complexity index is 835. The van der Waals surface area contributed by atoms with E-state index < -0.39 is 6.10 Å². The third kappa shape index (κ3) is 7.43. The quantitative estimate of drug-likeness (QED) is 0.598. The van der Waals surface area contributed by atoms with Crippen LogP contribution in [0.4, 0.5) is 10.6 Å². The van der Waals surface area contributed by atoms with Gasteiger partial charge in [-0.1, -0.05) is 25.0 Å². The van der Waals surface area contributed by atoms with E-state index in [9.17, 15) is 9.90 Å². The first-order valence-corrected chi connectivity index (χ1v) is 11.2. The number of aromatic nitrogens is 1. The lowest BCUT2D eigenvalue weighted by molar-refractivity contribution is 0.172. The maximum atomic E-state index is 12.2. The molecule has 1 aliphatic heterocycles. The molecule has 1 aliphatic rings. The normalized spacial score (nSPS) is 15.3. The van der Waals surface area contributed by atoms with E-state index in [-0.39, 0.29) is 18.7 Å². The van der Waals surface area contributed by atoms with E-state index in [0.29, 0.717) is 17.9 Å². The number of nitrogens with zero attached hydrogens (tertiary/aromatic N) is 2. The van der Waals surface area contributed by atoms with E-state index in [1.54, 1.807) is 12.3 Å². The summed E-state index contributed by atoms with van der Waals surface area (Å²) in [7, 11) is 0. The van der Waals surface area contributed by atoms with E-state index in [1.165, 1.54) is 25.7 Å². The smallest absolute Gasteiger partial charge is 0.315 e. The van der Waals surface area contributed by atoms with Gasteiger partial charge in [0, 0.05) is 32.4 Å². The van der Waals surface area contributed by atoms with Gasteiger partial charge in [0.15, 0.2) is 0 Å². The van der Waals surface area contributed by atoms with Crippen molar-refractivity contribution in [2.75, 3.05) is 24.5 Å². The van der Waals surface area contributed by atoms with Crippen molar-refractivity contribution >= 4 is 11.8 Å². The monoisotopic (exact) mass is 426 g/mol. The minimum Gasteiger partial charge on any atom is -0.491 e. The predicted molar refractivity (Wildman–Crippen MR) is 122 cm³/mol. The SMILES string of the molecule is CC(C)Oc1cccc(C(O)CNC(=O)NCc2ccnc(N3CCCCCC3)c2)c1. The third-order valence-corrected chi connectivity index (χ3v) is 5.26. The van der Waals surface area contributed by atoms with Crippen LogP contribution in [0.3, 0.4) is 0 Å². The molecule has 1 fully saturated rings. The van der Waals surface area contributed by atoms with Crippen LogP contribution in [0, 0.1) is 0 Å². The standard InChI is InChI=1S/C24H34N4O3/c1-18(2)31-21-9-7-8-20(15-21)22(29)17-27-24(30)26-16-19-10-11-25-23(14-19)28-12-5-3-4-6-13-28/h7-11,14-15,18,22,29H,3-6,12-13,16-17H2,1-2H3,(H2,26,27,30). The number of amides is 2. The number of carbonyl (C=O) groups excluding carboxylic acids is 1. The average Bonchev–Trinajstić information content (AvgIpc) is 3.05. The molecule has 0 aliphatic carbocycles. The van der Waals surface area contributed by atoms with Crippen molar-refractivity contribution in [2.24, 2.45) is 0 Å². The van der Waals surface area contributed by atoms with Gasteiger partial charge in [0.25, 0.3) is 0 Å². The Morgan fingerprint density at radius 2 is 1.90 bits per heavy atom. The second-order valence-corrected chi connectivity index (χ2v) is 8.24. The van der Waals surface area contributed by atoms with Gasteiger partial charge < -0.3 is 25.4 Å². The van der Waals surface area contributed by atoms with Crippen LogP contribution in [0.1, 0.15) is 56.8 Å².